The minimum absolute atomic E-state index is 0.691. The second-order valence-corrected chi connectivity index (χ2v) is 6.39. The van der Waals surface area contributed by atoms with Crippen molar-refractivity contribution >= 4 is 16.6 Å². The van der Waals surface area contributed by atoms with E-state index in [1.807, 2.05) is 6.20 Å². The highest BCUT2D eigenvalue weighted by Crippen LogP contribution is 2.44. The van der Waals surface area contributed by atoms with Crippen LogP contribution in [0.3, 0.4) is 0 Å². The molecule has 2 saturated carbocycles. The van der Waals surface area contributed by atoms with Gasteiger partial charge in [-0.1, -0.05) is 12.8 Å². The summed E-state index contributed by atoms with van der Waals surface area (Å²) in [5, 5.41) is 5.07. The van der Waals surface area contributed by atoms with Crippen LogP contribution in [0.2, 0.25) is 0 Å². The Morgan fingerprint density at radius 1 is 1.00 bits per heavy atom. The van der Waals surface area contributed by atoms with Crippen LogP contribution < -0.4 is 5.32 Å². The molecule has 0 aliphatic heterocycles. The minimum atomic E-state index is 0.691. The van der Waals surface area contributed by atoms with Crippen LogP contribution >= 0.6 is 0 Å². The number of H-pyrrole nitrogens is 1. The molecule has 1 aromatic heterocycles. The molecular weight excluding hydrogens is 232 g/mol. The Hall–Kier alpha value is -1.44. The van der Waals surface area contributed by atoms with E-state index in [0.29, 0.717) is 6.04 Å². The van der Waals surface area contributed by atoms with E-state index in [0.717, 1.165) is 11.8 Å². The SMILES string of the molecule is c1cc2cc(NC3CCCC(C4CC4)C3)ccc2[nH]1. The van der Waals surface area contributed by atoms with Gasteiger partial charge < -0.3 is 10.3 Å². The molecule has 2 N–H and O–H groups in total. The van der Waals surface area contributed by atoms with Crippen LogP contribution in [-0.2, 0) is 0 Å². The lowest BCUT2D eigenvalue weighted by atomic mass is 9.82. The first-order chi connectivity index (χ1) is 9.38. The molecule has 2 atom stereocenters. The fourth-order valence-electron chi connectivity index (χ4n) is 3.73. The summed E-state index contributed by atoms with van der Waals surface area (Å²) in [6.45, 7) is 0. The fraction of sp³-hybridized carbons (Fsp3) is 0.529. The van der Waals surface area contributed by atoms with Crippen molar-refractivity contribution in [3.63, 3.8) is 0 Å². The first kappa shape index (κ1) is 11.4. The van der Waals surface area contributed by atoms with Crippen molar-refractivity contribution in [2.24, 2.45) is 11.8 Å². The number of hydrogen-bond donors (Lipinski definition) is 2. The molecule has 19 heavy (non-hydrogen) atoms. The molecule has 0 saturated heterocycles. The van der Waals surface area contributed by atoms with Gasteiger partial charge in [0.2, 0.25) is 0 Å². The predicted octanol–water partition coefficient (Wildman–Crippen LogP) is 4.55. The summed E-state index contributed by atoms with van der Waals surface area (Å²) in [5.74, 6) is 2.07. The van der Waals surface area contributed by atoms with E-state index < -0.39 is 0 Å². The largest absolute Gasteiger partial charge is 0.382 e. The first-order valence-electron chi connectivity index (χ1n) is 7.72. The van der Waals surface area contributed by atoms with Crippen LogP contribution in [0.25, 0.3) is 10.9 Å². The number of anilines is 1. The summed E-state index contributed by atoms with van der Waals surface area (Å²) in [5.41, 5.74) is 2.51. The van der Waals surface area contributed by atoms with Gasteiger partial charge in [0, 0.05) is 28.8 Å². The maximum Gasteiger partial charge on any atom is 0.0455 e. The van der Waals surface area contributed by atoms with Crippen LogP contribution in [-0.4, -0.2) is 11.0 Å². The van der Waals surface area contributed by atoms with Gasteiger partial charge in [-0.3, -0.25) is 0 Å². The second-order valence-electron chi connectivity index (χ2n) is 6.39. The number of hydrogen-bond acceptors (Lipinski definition) is 1. The maximum absolute atomic E-state index is 3.76. The fourth-order valence-corrected chi connectivity index (χ4v) is 3.73. The van der Waals surface area contributed by atoms with E-state index in [1.165, 1.54) is 55.1 Å². The number of rotatable bonds is 3. The predicted molar refractivity (Wildman–Crippen MR) is 80.4 cm³/mol. The molecule has 4 rings (SSSR count). The van der Waals surface area contributed by atoms with Crippen LogP contribution in [0.4, 0.5) is 5.69 Å². The maximum atomic E-state index is 3.76. The highest BCUT2D eigenvalue weighted by atomic mass is 14.9. The zero-order chi connectivity index (χ0) is 12.7. The molecule has 100 valence electrons. The van der Waals surface area contributed by atoms with Crippen molar-refractivity contribution < 1.29 is 0 Å². The summed E-state index contributed by atoms with van der Waals surface area (Å²) >= 11 is 0. The molecule has 2 unspecified atom stereocenters. The summed E-state index contributed by atoms with van der Waals surface area (Å²) in [4.78, 5) is 3.25. The molecule has 0 radical (unpaired) electrons. The molecular formula is C17H22N2. The van der Waals surface area contributed by atoms with Gasteiger partial charge in [0.05, 0.1) is 0 Å². The molecule has 0 spiro atoms. The zero-order valence-electron chi connectivity index (χ0n) is 11.4. The summed E-state index contributed by atoms with van der Waals surface area (Å²) < 4.78 is 0. The second kappa shape index (κ2) is 4.59. The van der Waals surface area contributed by atoms with Gasteiger partial charge in [-0.15, -0.1) is 0 Å². The van der Waals surface area contributed by atoms with Crippen molar-refractivity contribution in [1.82, 2.24) is 4.98 Å². The normalized spacial score (nSPS) is 27.6. The quantitative estimate of drug-likeness (QED) is 0.826. The van der Waals surface area contributed by atoms with Crippen LogP contribution in [0.15, 0.2) is 30.5 Å². The van der Waals surface area contributed by atoms with Gasteiger partial charge in [-0.2, -0.15) is 0 Å². The van der Waals surface area contributed by atoms with Gasteiger partial charge in [0.25, 0.3) is 0 Å². The lowest BCUT2D eigenvalue weighted by Crippen LogP contribution is -2.28. The van der Waals surface area contributed by atoms with E-state index >= 15 is 0 Å². The molecule has 2 aliphatic carbocycles. The standard InChI is InChI=1S/C17H22N2/c1-2-13(12-4-5-12)10-15(3-1)19-16-6-7-17-14(11-16)8-9-18-17/h6-9,11-13,15,18-19H,1-5,10H2. The van der Waals surface area contributed by atoms with Crippen LogP contribution in [0.1, 0.15) is 38.5 Å². The molecule has 1 heterocycles. The molecule has 0 amide bonds. The van der Waals surface area contributed by atoms with E-state index in [4.69, 9.17) is 0 Å². The molecule has 2 fully saturated rings. The van der Waals surface area contributed by atoms with Gasteiger partial charge >= 0.3 is 0 Å². The summed E-state index contributed by atoms with van der Waals surface area (Å²) in [6, 6.07) is 9.50. The van der Waals surface area contributed by atoms with Crippen molar-refractivity contribution in [3.05, 3.63) is 30.5 Å². The highest BCUT2D eigenvalue weighted by Gasteiger charge is 2.34. The summed E-state index contributed by atoms with van der Waals surface area (Å²) in [6.07, 6.45) is 10.6. The van der Waals surface area contributed by atoms with E-state index in [9.17, 15) is 0 Å². The van der Waals surface area contributed by atoms with E-state index in [1.54, 1.807) is 0 Å². The average molecular weight is 254 g/mol. The van der Waals surface area contributed by atoms with E-state index in [-0.39, 0.29) is 0 Å². The van der Waals surface area contributed by atoms with Crippen LogP contribution in [0, 0.1) is 11.8 Å². The Morgan fingerprint density at radius 2 is 1.95 bits per heavy atom. The van der Waals surface area contributed by atoms with Crippen molar-refractivity contribution in [3.8, 4) is 0 Å². The topological polar surface area (TPSA) is 27.8 Å². The molecule has 1 aromatic carbocycles. The third kappa shape index (κ3) is 2.36. The van der Waals surface area contributed by atoms with Crippen LogP contribution in [0.5, 0.6) is 0 Å². The number of fused-ring (bicyclic) bond motifs is 1. The van der Waals surface area contributed by atoms with Crippen molar-refractivity contribution in [2.45, 2.75) is 44.6 Å². The lowest BCUT2D eigenvalue weighted by Gasteiger charge is -2.30. The van der Waals surface area contributed by atoms with Crippen molar-refractivity contribution in [2.75, 3.05) is 5.32 Å². The number of benzene rings is 1. The van der Waals surface area contributed by atoms with Gasteiger partial charge in [0.1, 0.15) is 0 Å². The van der Waals surface area contributed by atoms with Gasteiger partial charge in [-0.05, 0) is 61.8 Å². The van der Waals surface area contributed by atoms with Crippen molar-refractivity contribution in [1.29, 1.82) is 0 Å². The third-order valence-electron chi connectivity index (χ3n) is 4.93. The lowest BCUT2D eigenvalue weighted by molar-refractivity contribution is 0.303. The Balaban J connectivity index is 1.47. The highest BCUT2D eigenvalue weighted by molar-refractivity contribution is 5.83. The number of aromatic nitrogens is 1. The molecule has 2 nitrogen and oxygen atoms in total. The Bertz CT molecular complexity index is 567. The average Bonchev–Trinajstić information content (AvgIpc) is 3.18. The minimum Gasteiger partial charge on any atom is -0.382 e. The Morgan fingerprint density at radius 3 is 2.84 bits per heavy atom. The number of aromatic amines is 1. The molecule has 2 heteroatoms. The van der Waals surface area contributed by atoms with E-state index in [2.05, 4.69) is 34.6 Å². The monoisotopic (exact) mass is 254 g/mol. The number of nitrogens with one attached hydrogen (secondary N) is 2. The van der Waals surface area contributed by atoms with Gasteiger partial charge in [0.15, 0.2) is 0 Å². The Labute approximate surface area is 114 Å². The van der Waals surface area contributed by atoms with Gasteiger partial charge in [-0.25, -0.2) is 0 Å². The Kier molecular flexibility index (Phi) is 2.75. The molecule has 2 aliphatic rings. The third-order valence-corrected chi connectivity index (χ3v) is 4.93. The molecule has 0 bridgehead atoms. The smallest absolute Gasteiger partial charge is 0.0455 e. The molecule has 2 aromatic rings. The first-order valence-corrected chi connectivity index (χ1v) is 7.72. The summed E-state index contributed by atoms with van der Waals surface area (Å²) in [7, 11) is 0. The zero-order valence-corrected chi connectivity index (χ0v) is 11.4.